The molecule has 0 saturated heterocycles. The molecule has 0 aliphatic heterocycles. The van der Waals surface area contributed by atoms with E-state index in [1.807, 2.05) is 0 Å². The zero-order valence-electron chi connectivity index (χ0n) is 4.71. The molecule has 0 aliphatic carbocycles. The second-order valence-corrected chi connectivity index (χ2v) is 0.882. The fraction of sp³-hybridized carbons (Fsp3) is 0. The summed E-state index contributed by atoms with van der Waals surface area (Å²) in [5.41, 5.74) is 2.01. The van der Waals surface area contributed by atoms with E-state index in [1.165, 1.54) is 0 Å². The van der Waals surface area contributed by atoms with E-state index in [0.717, 1.165) is 11.0 Å². The maximum atomic E-state index is 9.81. The molecule has 2 amide bonds. The first-order chi connectivity index (χ1) is 3.72. The third-order valence-electron chi connectivity index (χ3n) is 0.409. The van der Waals surface area contributed by atoms with Crippen molar-refractivity contribution in [1.82, 2.24) is 11.0 Å². The Labute approximate surface area is 92.9 Å². The summed E-state index contributed by atoms with van der Waals surface area (Å²) in [5, 5.41) is 15.3. The van der Waals surface area contributed by atoms with E-state index in [-0.39, 0.29) is 51.4 Å². The number of hydrogen-bond acceptors (Lipinski definition) is 4. The third-order valence-corrected chi connectivity index (χ3v) is 0.409. The summed E-state index contributed by atoms with van der Waals surface area (Å²) in [7, 11) is 0. The SMILES string of the molecule is O=C(NO)C(=O)NO.[K]. The standard InChI is InChI=1S/C2H4N2O4.K/c5-1(3-7)2(6)4-8;/h7-8H,(H,3,5)(H,4,6);. The minimum absolute atomic E-state index is 0. The monoisotopic (exact) mass is 159 g/mol. The number of carbonyl (C=O) groups excluding carboxylic acids is 2. The van der Waals surface area contributed by atoms with Crippen molar-refractivity contribution >= 4 is 63.2 Å². The van der Waals surface area contributed by atoms with Crippen LogP contribution in [0.5, 0.6) is 0 Å². The number of nitrogens with one attached hydrogen (secondary N) is 2. The molecule has 0 atom stereocenters. The molecule has 0 bridgehead atoms. The van der Waals surface area contributed by atoms with Gasteiger partial charge in [0.15, 0.2) is 0 Å². The molecular weight excluding hydrogens is 155 g/mol. The van der Waals surface area contributed by atoms with Gasteiger partial charge < -0.3 is 0 Å². The number of amides is 2. The molecule has 0 aliphatic rings. The Morgan fingerprint density at radius 1 is 1.00 bits per heavy atom. The van der Waals surface area contributed by atoms with Crippen molar-refractivity contribution in [3.63, 3.8) is 0 Å². The van der Waals surface area contributed by atoms with Gasteiger partial charge >= 0.3 is 11.8 Å². The Kier molecular flexibility index (Phi) is 8.96. The molecule has 0 rings (SSSR count). The van der Waals surface area contributed by atoms with Gasteiger partial charge in [0.05, 0.1) is 0 Å². The van der Waals surface area contributed by atoms with Gasteiger partial charge in [0, 0.05) is 51.4 Å². The second-order valence-electron chi connectivity index (χ2n) is 0.882. The van der Waals surface area contributed by atoms with Crippen molar-refractivity contribution in [2.45, 2.75) is 0 Å². The normalized spacial score (nSPS) is 6.89. The quantitative estimate of drug-likeness (QED) is 0.137. The van der Waals surface area contributed by atoms with E-state index in [9.17, 15) is 9.59 Å². The largest absolute Gasteiger partial charge is 0.334 e. The molecule has 7 heteroatoms. The fourth-order valence-electron chi connectivity index (χ4n) is 0.102. The van der Waals surface area contributed by atoms with E-state index >= 15 is 0 Å². The summed E-state index contributed by atoms with van der Waals surface area (Å²) >= 11 is 0. The van der Waals surface area contributed by atoms with Crippen molar-refractivity contribution in [1.29, 1.82) is 0 Å². The maximum Gasteiger partial charge on any atom is 0.334 e. The van der Waals surface area contributed by atoms with E-state index in [0.29, 0.717) is 0 Å². The van der Waals surface area contributed by atoms with E-state index in [4.69, 9.17) is 10.4 Å². The zero-order valence-corrected chi connectivity index (χ0v) is 7.83. The summed E-state index contributed by atoms with van der Waals surface area (Å²) in [4.78, 5) is 19.6. The molecule has 0 spiro atoms. The average Bonchev–Trinajstić information content (AvgIpc) is 1.84. The van der Waals surface area contributed by atoms with Crippen molar-refractivity contribution < 1.29 is 20.0 Å². The first-order valence-corrected chi connectivity index (χ1v) is 1.61. The Morgan fingerprint density at radius 3 is 1.33 bits per heavy atom. The molecule has 0 heterocycles. The molecule has 6 nitrogen and oxygen atoms in total. The summed E-state index contributed by atoms with van der Waals surface area (Å²) < 4.78 is 0. The minimum Gasteiger partial charge on any atom is -0.288 e. The van der Waals surface area contributed by atoms with Gasteiger partial charge in [0.1, 0.15) is 0 Å². The van der Waals surface area contributed by atoms with E-state index in [2.05, 4.69) is 0 Å². The topological polar surface area (TPSA) is 98.7 Å². The summed E-state index contributed by atoms with van der Waals surface area (Å²) in [6, 6.07) is 0. The minimum atomic E-state index is -1.31. The van der Waals surface area contributed by atoms with Gasteiger partial charge in [-0.2, -0.15) is 0 Å². The van der Waals surface area contributed by atoms with Crippen LogP contribution in [0.15, 0.2) is 0 Å². The number of carbonyl (C=O) groups is 2. The Balaban J connectivity index is 0. The predicted octanol–water partition coefficient (Wildman–Crippen LogP) is -2.38. The third kappa shape index (κ3) is 4.97. The summed E-state index contributed by atoms with van der Waals surface area (Å²) in [6.45, 7) is 0. The summed E-state index contributed by atoms with van der Waals surface area (Å²) in [6.07, 6.45) is 0. The molecule has 0 aromatic rings. The van der Waals surface area contributed by atoms with Gasteiger partial charge in [-0.15, -0.1) is 0 Å². The van der Waals surface area contributed by atoms with Crippen LogP contribution in [-0.4, -0.2) is 73.6 Å². The van der Waals surface area contributed by atoms with Gasteiger partial charge in [0.2, 0.25) is 0 Å². The van der Waals surface area contributed by atoms with Crippen LogP contribution in [0.1, 0.15) is 0 Å². The van der Waals surface area contributed by atoms with Gasteiger partial charge in [-0.05, 0) is 0 Å². The fourth-order valence-corrected chi connectivity index (χ4v) is 0.102. The molecule has 0 aromatic carbocycles. The van der Waals surface area contributed by atoms with Crippen LogP contribution in [-0.2, 0) is 9.59 Å². The second kappa shape index (κ2) is 6.61. The first kappa shape index (κ1) is 12.2. The molecular formula is C2H4KN2O4. The first-order valence-electron chi connectivity index (χ1n) is 1.61. The smallest absolute Gasteiger partial charge is 0.288 e. The molecule has 0 unspecified atom stereocenters. The van der Waals surface area contributed by atoms with E-state index < -0.39 is 11.8 Å². The van der Waals surface area contributed by atoms with Crippen LogP contribution in [0.25, 0.3) is 0 Å². The van der Waals surface area contributed by atoms with Crippen LogP contribution < -0.4 is 11.0 Å². The Morgan fingerprint density at radius 2 is 1.22 bits per heavy atom. The molecule has 4 N–H and O–H groups in total. The maximum absolute atomic E-state index is 9.81. The Hall–Kier alpha value is 0.496. The van der Waals surface area contributed by atoms with E-state index in [1.54, 1.807) is 0 Å². The van der Waals surface area contributed by atoms with Crippen LogP contribution in [0.4, 0.5) is 0 Å². The zero-order chi connectivity index (χ0) is 6.57. The molecule has 9 heavy (non-hydrogen) atoms. The van der Waals surface area contributed by atoms with Gasteiger partial charge in [-0.3, -0.25) is 20.0 Å². The van der Waals surface area contributed by atoms with Crippen LogP contribution in [0.2, 0.25) is 0 Å². The number of rotatable bonds is 0. The molecule has 47 valence electrons. The van der Waals surface area contributed by atoms with Gasteiger partial charge in [-0.1, -0.05) is 0 Å². The number of hydroxylamine groups is 2. The van der Waals surface area contributed by atoms with Gasteiger partial charge in [0.25, 0.3) is 0 Å². The molecule has 1 radical (unpaired) electrons. The molecule has 0 saturated carbocycles. The van der Waals surface area contributed by atoms with Crippen LogP contribution >= 0.6 is 0 Å². The molecule has 0 fully saturated rings. The van der Waals surface area contributed by atoms with Crippen molar-refractivity contribution in [2.75, 3.05) is 0 Å². The van der Waals surface area contributed by atoms with Crippen LogP contribution in [0.3, 0.4) is 0 Å². The summed E-state index contributed by atoms with van der Waals surface area (Å²) in [5.74, 6) is -2.62. The van der Waals surface area contributed by atoms with Gasteiger partial charge in [-0.25, -0.2) is 11.0 Å². The number of hydrogen-bond donors (Lipinski definition) is 4. The average molecular weight is 159 g/mol. The van der Waals surface area contributed by atoms with Crippen molar-refractivity contribution in [2.24, 2.45) is 0 Å². The van der Waals surface area contributed by atoms with Crippen LogP contribution in [0, 0.1) is 0 Å². The predicted molar refractivity (Wildman–Crippen MR) is 25.6 cm³/mol. The van der Waals surface area contributed by atoms with Crippen molar-refractivity contribution in [3.05, 3.63) is 0 Å². The van der Waals surface area contributed by atoms with Crippen molar-refractivity contribution in [3.8, 4) is 0 Å². The molecule has 0 aromatic heterocycles. The Bertz CT molecular complexity index is 101.